The summed E-state index contributed by atoms with van der Waals surface area (Å²) >= 11 is 0. The predicted molar refractivity (Wildman–Crippen MR) is 115 cm³/mol. The number of amides is 1. The largest absolute Gasteiger partial charge is 0.471 e. The number of benzene rings is 1. The minimum Gasteiger partial charge on any atom is -0.471 e. The van der Waals surface area contributed by atoms with Crippen LogP contribution in [0.25, 0.3) is 10.8 Å². The third-order valence-corrected chi connectivity index (χ3v) is 5.81. The molecule has 1 aliphatic heterocycles. The topological polar surface area (TPSA) is 45.5 Å². The molecule has 1 N–H and O–H groups in total. The first-order valence-corrected chi connectivity index (χ1v) is 10.8. The highest BCUT2D eigenvalue weighted by Gasteiger charge is 2.22. The summed E-state index contributed by atoms with van der Waals surface area (Å²) in [6.07, 6.45) is 8.53. The van der Waals surface area contributed by atoms with Gasteiger partial charge in [-0.25, -0.2) is 0 Å². The zero-order valence-corrected chi connectivity index (χ0v) is 18.0. The number of hydrogen-bond acceptors (Lipinski definition) is 3. The molecular weight excluding hydrogens is 348 g/mol. The third kappa shape index (κ3) is 6.10. The summed E-state index contributed by atoms with van der Waals surface area (Å²) in [4.78, 5) is 15.1. The minimum atomic E-state index is 0.117. The number of nitrogens with one attached hydrogen (secondary N) is 1. The van der Waals surface area contributed by atoms with Crippen molar-refractivity contribution in [1.29, 1.82) is 0 Å². The van der Waals surface area contributed by atoms with E-state index in [2.05, 4.69) is 37.9 Å². The molecule has 0 spiro atoms. The van der Waals surface area contributed by atoms with E-state index in [4.69, 9.17) is 4.42 Å². The Hall–Kier alpha value is -1.81. The molecule has 0 radical (unpaired) electrons. The third-order valence-electron chi connectivity index (χ3n) is 5.81. The monoisotopic (exact) mass is 384 g/mol. The van der Waals surface area contributed by atoms with Gasteiger partial charge < -0.3 is 14.6 Å². The number of hydrogen-bond donors (Lipinski definition) is 1. The second-order valence-electron chi connectivity index (χ2n) is 9.81. The molecule has 1 atom stereocenters. The standard InChI is InChI=1S/C24H36N2O2/c1-18(15-24(2,3)4)8-11-26-12-9-21(10-13-26)25-23(27)14-19-6-5-7-20-16-28-17-22(19)20/h5-7,16-18,21H,8-15H2,1-4H3,(H,25,27). The minimum absolute atomic E-state index is 0.117. The normalized spacial score (nSPS) is 17.7. The Morgan fingerprint density at radius 2 is 2.00 bits per heavy atom. The van der Waals surface area contributed by atoms with E-state index < -0.39 is 0 Å². The van der Waals surface area contributed by atoms with E-state index in [1.807, 2.05) is 18.2 Å². The first-order chi connectivity index (χ1) is 13.3. The van der Waals surface area contributed by atoms with E-state index in [1.54, 1.807) is 12.5 Å². The van der Waals surface area contributed by atoms with Crippen LogP contribution < -0.4 is 5.32 Å². The first-order valence-electron chi connectivity index (χ1n) is 10.8. The van der Waals surface area contributed by atoms with Gasteiger partial charge in [0.25, 0.3) is 0 Å². The molecule has 1 aliphatic rings. The maximum Gasteiger partial charge on any atom is 0.224 e. The number of nitrogens with zero attached hydrogens (tertiary/aromatic N) is 1. The number of rotatable bonds is 7. The summed E-state index contributed by atoms with van der Waals surface area (Å²) in [6, 6.07) is 6.32. The maximum atomic E-state index is 12.5. The van der Waals surface area contributed by atoms with Gasteiger partial charge in [0.1, 0.15) is 0 Å². The van der Waals surface area contributed by atoms with Gasteiger partial charge in [0.2, 0.25) is 5.91 Å². The molecule has 1 unspecified atom stereocenters. The molecule has 4 nitrogen and oxygen atoms in total. The van der Waals surface area contributed by atoms with Crippen molar-refractivity contribution in [2.75, 3.05) is 19.6 Å². The summed E-state index contributed by atoms with van der Waals surface area (Å²) in [7, 11) is 0. The summed E-state index contributed by atoms with van der Waals surface area (Å²) in [6.45, 7) is 12.7. The average molecular weight is 385 g/mol. The van der Waals surface area contributed by atoms with E-state index in [1.165, 1.54) is 19.4 Å². The van der Waals surface area contributed by atoms with Crippen molar-refractivity contribution in [2.45, 2.75) is 65.8 Å². The van der Waals surface area contributed by atoms with Crippen molar-refractivity contribution in [1.82, 2.24) is 10.2 Å². The molecule has 4 heteroatoms. The van der Waals surface area contributed by atoms with E-state index in [0.717, 1.165) is 48.2 Å². The van der Waals surface area contributed by atoms with Crippen LogP contribution in [-0.2, 0) is 11.2 Å². The molecule has 0 saturated carbocycles. The fourth-order valence-electron chi connectivity index (χ4n) is 4.51. The van der Waals surface area contributed by atoms with Gasteiger partial charge in [-0.2, -0.15) is 0 Å². The van der Waals surface area contributed by atoms with Crippen molar-refractivity contribution in [2.24, 2.45) is 11.3 Å². The summed E-state index contributed by atoms with van der Waals surface area (Å²) in [5.41, 5.74) is 1.45. The average Bonchev–Trinajstić information content (AvgIpc) is 3.09. The Morgan fingerprint density at radius 1 is 1.25 bits per heavy atom. The van der Waals surface area contributed by atoms with Crippen molar-refractivity contribution in [3.8, 4) is 0 Å². The number of likely N-dealkylation sites (tertiary alicyclic amines) is 1. The highest BCUT2D eigenvalue weighted by molar-refractivity contribution is 5.89. The lowest BCUT2D eigenvalue weighted by Crippen LogP contribution is -2.45. The molecular formula is C24H36N2O2. The number of piperidine rings is 1. The van der Waals surface area contributed by atoms with Gasteiger partial charge in [0, 0.05) is 29.9 Å². The van der Waals surface area contributed by atoms with Crippen molar-refractivity contribution >= 4 is 16.7 Å². The molecule has 2 heterocycles. The Labute approximate surface area is 169 Å². The van der Waals surface area contributed by atoms with Crippen LogP contribution in [0, 0.1) is 11.3 Å². The zero-order chi connectivity index (χ0) is 20.1. The lowest BCUT2D eigenvalue weighted by atomic mass is 9.84. The van der Waals surface area contributed by atoms with Crippen LogP contribution in [0.1, 0.15) is 58.9 Å². The van der Waals surface area contributed by atoms with Gasteiger partial charge in [0.05, 0.1) is 18.9 Å². The van der Waals surface area contributed by atoms with Gasteiger partial charge in [-0.3, -0.25) is 4.79 Å². The van der Waals surface area contributed by atoms with Crippen LogP contribution >= 0.6 is 0 Å². The first kappa shape index (κ1) is 20.9. The van der Waals surface area contributed by atoms with Crippen LogP contribution in [-0.4, -0.2) is 36.5 Å². The van der Waals surface area contributed by atoms with Gasteiger partial charge >= 0.3 is 0 Å². The van der Waals surface area contributed by atoms with Crippen LogP contribution in [0.5, 0.6) is 0 Å². The van der Waals surface area contributed by atoms with Gasteiger partial charge in [-0.05, 0) is 49.1 Å². The van der Waals surface area contributed by atoms with Gasteiger partial charge in [-0.1, -0.05) is 45.9 Å². The van der Waals surface area contributed by atoms with Crippen LogP contribution in [0.2, 0.25) is 0 Å². The molecule has 154 valence electrons. The smallest absolute Gasteiger partial charge is 0.224 e. The van der Waals surface area contributed by atoms with E-state index >= 15 is 0 Å². The Balaban J connectivity index is 1.39. The summed E-state index contributed by atoms with van der Waals surface area (Å²) in [5.74, 6) is 0.883. The number of carbonyl (C=O) groups excluding carboxylic acids is 1. The summed E-state index contributed by atoms with van der Waals surface area (Å²) < 4.78 is 5.28. The molecule has 0 bridgehead atoms. The second-order valence-corrected chi connectivity index (χ2v) is 9.81. The van der Waals surface area contributed by atoms with Gasteiger partial charge in [-0.15, -0.1) is 0 Å². The van der Waals surface area contributed by atoms with Gasteiger partial charge in [0.15, 0.2) is 0 Å². The van der Waals surface area contributed by atoms with Crippen molar-refractivity contribution in [3.05, 3.63) is 36.3 Å². The Morgan fingerprint density at radius 3 is 2.71 bits per heavy atom. The van der Waals surface area contributed by atoms with Crippen LogP contribution in [0.15, 0.2) is 35.1 Å². The lowest BCUT2D eigenvalue weighted by molar-refractivity contribution is -0.121. The lowest BCUT2D eigenvalue weighted by Gasteiger charge is -2.33. The molecule has 1 saturated heterocycles. The zero-order valence-electron chi connectivity index (χ0n) is 18.0. The molecule has 1 amide bonds. The fraction of sp³-hybridized carbons (Fsp3) is 0.625. The SMILES string of the molecule is CC(CCN1CCC(NC(=O)Cc2cccc3cocc23)CC1)CC(C)(C)C. The highest BCUT2D eigenvalue weighted by Crippen LogP contribution is 2.26. The quantitative estimate of drug-likeness (QED) is 0.729. The molecule has 3 rings (SSSR count). The molecule has 28 heavy (non-hydrogen) atoms. The fourth-order valence-corrected chi connectivity index (χ4v) is 4.51. The van der Waals surface area contributed by atoms with E-state index in [9.17, 15) is 4.79 Å². The molecule has 1 fully saturated rings. The predicted octanol–water partition coefficient (Wildman–Crippen LogP) is 5.02. The Bertz CT molecular complexity index is 766. The molecule has 1 aromatic carbocycles. The molecule has 1 aromatic heterocycles. The number of fused-ring (bicyclic) bond motifs is 1. The van der Waals surface area contributed by atoms with Crippen LogP contribution in [0.3, 0.4) is 0 Å². The van der Waals surface area contributed by atoms with Crippen molar-refractivity contribution < 1.29 is 9.21 Å². The second kappa shape index (κ2) is 9.13. The van der Waals surface area contributed by atoms with Crippen molar-refractivity contribution in [3.63, 3.8) is 0 Å². The maximum absolute atomic E-state index is 12.5. The summed E-state index contributed by atoms with van der Waals surface area (Å²) in [5, 5.41) is 5.34. The highest BCUT2D eigenvalue weighted by atomic mass is 16.3. The van der Waals surface area contributed by atoms with E-state index in [0.29, 0.717) is 17.9 Å². The number of carbonyl (C=O) groups is 1. The van der Waals surface area contributed by atoms with Crippen LogP contribution in [0.4, 0.5) is 0 Å². The Kier molecular flexibility index (Phi) is 6.82. The molecule has 0 aliphatic carbocycles. The number of furan rings is 1. The molecule has 2 aromatic rings. The van der Waals surface area contributed by atoms with E-state index in [-0.39, 0.29) is 5.91 Å².